The molecule has 2 aromatic carbocycles. The van der Waals surface area contributed by atoms with E-state index >= 15 is 0 Å². The molecular weight excluding hydrogens is 340 g/mol. The topological polar surface area (TPSA) is 27.7 Å². The van der Waals surface area contributed by atoms with Crippen LogP contribution in [0.15, 0.2) is 60.7 Å². The van der Waals surface area contributed by atoms with Crippen molar-refractivity contribution < 1.29 is 13.9 Å². The molecule has 2 aromatic rings. The van der Waals surface area contributed by atoms with Gasteiger partial charge in [0.2, 0.25) is 0 Å². The normalized spacial score (nSPS) is 13.0. The van der Waals surface area contributed by atoms with Gasteiger partial charge in [-0.05, 0) is 22.3 Å². The Morgan fingerprint density at radius 2 is 1.15 bits per heavy atom. The van der Waals surface area contributed by atoms with Crippen molar-refractivity contribution in [3.8, 4) is 0 Å². The lowest BCUT2D eigenvalue weighted by Gasteiger charge is -2.43. The fourth-order valence-corrected chi connectivity index (χ4v) is 8.00. The van der Waals surface area contributed by atoms with Crippen LogP contribution in [0.3, 0.4) is 0 Å². The Balaban J connectivity index is 2.47. The Hall–Kier alpha value is -1.46. The van der Waals surface area contributed by atoms with E-state index in [1.54, 1.807) is 14.2 Å². The number of rotatable bonds is 8. The van der Waals surface area contributed by atoms with Gasteiger partial charge >= 0.3 is 0 Å². The molecule has 0 amide bonds. The van der Waals surface area contributed by atoms with Crippen LogP contribution in [-0.4, -0.2) is 34.9 Å². The van der Waals surface area contributed by atoms with Crippen LogP contribution in [-0.2, 0) is 13.9 Å². The summed E-state index contributed by atoms with van der Waals surface area (Å²) in [5.41, 5.74) is 0. The van der Waals surface area contributed by atoms with Crippen molar-refractivity contribution in [3.05, 3.63) is 60.7 Å². The zero-order valence-corrected chi connectivity index (χ0v) is 17.9. The minimum Gasteiger partial charge on any atom is -0.407 e. The van der Waals surface area contributed by atoms with E-state index in [1.807, 2.05) is 6.92 Å². The third-order valence-electron chi connectivity index (χ3n) is 5.16. The highest BCUT2D eigenvalue weighted by molar-refractivity contribution is 6.99. The van der Waals surface area contributed by atoms with Crippen LogP contribution in [0, 0.1) is 0 Å². The van der Waals surface area contributed by atoms with Gasteiger partial charge in [0.1, 0.15) is 0 Å². The first kappa shape index (κ1) is 20.8. The molecule has 0 radical (unpaired) electrons. The molecule has 26 heavy (non-hydrogen) atoms. The van der Waals surface area contributed by atoms with E-state index in [0.717, 1.165) is 0 Å². The predicted molar refractivity (Wildman–Crippen MR) is 111 cm³/mol. The molecule has 0 aromatic heterocycles. The van der Waals surface area contributed by atoms with Gasteiger partial charge in [0.25, 0.3) is 8.32 Å². The van der Waals surface area contributed by atoms with Gasteiger partial charge in [-0.1, -0.05) is 81.4 Å². The molecule has 0 unspecified atom stereocenters. The quantitative estimate of drug-likeness (QED) is 0.518. The van der Waals surface area contributed by atoms with E-state index in [0.29, 0.717) is 13.0 Å². The molecule has 3 nitrogen and oxygen atoms in total. The summed E-state index contributed by atoms with van der Waals surface area (Å²) in [6.45, 7) is 9.37. The molecule has 0 saturated heterocycles. The highest BCUT2D eigenvalue weighted by Crippen LogP contribution is 2.37. The second-order valence-corrected chi connectivity index (χ2v) is 12.1. The highest BCUT2D eigenvalue weighted by Gasteiger charge is 2.50. The van der Waals surface area contributed by atoms with Gasteiger partial charge in [0, 0.05) is 27.2 Å². The zero-order chi connectivity index (χ0) is 19.3. The van der Waals surface area contributed by atoms with Crippen LogP contribution in [0.25, 0.3) is 0 Å². The Morgan fingerprint density at radius 1 is 0.731 bits per heavy atom. The molecule has 0 heterocycles. The third kappa shape index (κ3) is 4.26. The van der Waals surface area contributed by atoms with Crippen LogP contribution in [0.4, 0.5) is 0 Å². The molecule has 0 aliphatic carbocycles. The molecule has 0 aliphatic rings. The molecule has 0 atom stereocenters. The van der Waals surface area contributed by atoms with E-state index in [2.05, 4.69) is 81.4 Å². The van der Waals surface area contributed by atoms with Crippen LogP contribution in [0.1, 0.15) is 34.1 Å². The van der Waals surface area contributed by atoms with Gasteiger partial charge in [-0.3, -0.25) is 0 Å². The van der Waals surface area contributed by atoms with Crippen molar-refractivity contribution in [1.82, 2.24) is 0 Å². The summed E-state index contributed by atoms with van der Waals surface area (Å²) in [7, 11) is 0.860. The lowest BCUT2D eigenvalue weighted by atomic mass is 10.2. The van der Waals surface area contributed by atoms with Crippen LogP contribution < -0.4 is 10.4 Å². The molecule has 0 aliphatic heterocycles. The van der Waals surface area contributed by atoms with E-state index in [-0.39, 0.29) is 5.04 Å². The largest absolute Gasteiger partial charge is 0.407 e. The van der Waals surface area contributed by atoms with Gasteiger partial charge in [-0.25, -0.2) is 0 Å². The lowest BCUT2D eigenvalue weighted by molar-refractivity contribution is -0.200. The fourth-order valence-electron chi connectivity index (χ4n) is 3.44. The summed E-state index contributed by atoms with van der Waals surface area (Å²) >= 11 is 0. The highest BCUT2D eigenvalue weighted by atomic mass is 28.4. The van der Waals surface area contributed by atoms with Crippen molar-refractivity contribution in [3.63, 3.8) is 0 Å². The van der Waals surface area contributed by atoms with Gasteiger partial charge in [0.05, 0.1) is 0 Å². The Bertz CT molecular complexity index is 621. The summed E-state index contributed by atoms with van der Waals surface area (Å²) in [5.74, 6) is -0.634. The minimum atomic E-state index is -2.49. The second-order valence-electron chi connectivity index (χ2n) is 7.80. The maximum Gasteiger partial charge on any atom is 0.261 e. The molecule has 0 spiro atoms. The van der Waals surface area contributed by atoms with E-state index in [9.17, 15) is 0 Å². The average Bonchev–Trinajstić information content (AvgIpc) is 2.65. The predicted octanol–water partition coefficient (Wildman–Crippen LogP) is 3.96. The van der Waals surface area contributed by atoms with Gasteiger partial charge in [0.15, 0.2) is 5.79 Å². The maximum atomic E-state index is 6.84. The lowest BCUT2D eigenvalue weighted by Crippen LogP contribution is -2.66. The smallest absolute Gasteiger partial charge is 0.261 e. The number of methoxy groups -OCH3 is 2. The first-order chi connectivity index (χ1) is 12.3. The summed E-state index contributed by atoms with van der Waals surface area (Å²) in [6.07, 6.45) is 0.671. The van der Waals surface area contributed by atoms with Crippen molar-refractivity contribution in [2.45, 2.75) is 44.9 Å². The monoisotopic (exact) mass is 372 g/mol. The number of ether oxygens (including phenoxy) is 2. The summed E-state index contributed by atoms with van der Waals surface area (Å²) in [5, 5.41) is 2.55. The van der Waals surface area contributed by atoms with Crippen molar-refractivity contribution in [2.75, 3.05) is 20.8 Å². The van der Waals surface area contributed by atoms with Crippen LogP contribution >= 0.6 is 0 Å². The zero-order valence-electron chi connectivity index (χ0n) is 16.9. The van der Waals surface area contributed by atoms with Crippen LogP contribution in [0.2, 0.25) is 5.04 Å². The van der Waals surface area contributed by atoms with Crippen molar-refractivity contribution in [1.29, 1.82) is 0 Å². The third-order valence-corrected chi connectivity index (χ3v) is 10.2. The number of hydrogen-bond acceptors (Lipinski definition) is 3. The van der Waals surface area contributed by atoms with Gasteiger partial charge < -0.3 is 13.9 Å². The Kier molecular flexibility index (Phi) is 6.80. The van der Waals surface area contributed by atoms with Crippen molar-refractivity contribution in [2.24, 2.45) is 0 Å². The minimum absolute atomic E-state index is 0.0216. The molecular formula is C22H32O3Si. The molecule has 4 heteroatoms. The Labute approximate surface area is 159 Å². The standard InChI is InChI=1S/C22H32O3Si/c1-21(2,3)26(19-13-9-7-10-14-19,20-15-11-8-12-16-20)25-18-17-22(4,23-5)24-6/h7-16H,17-18H2,1-6H3. The first-order valence-electron chi connectivity index (χ1n) is 9.14. The summed E-state index contributed by atoms with van der Waals surface area (Å²) < 4.78 is 17.9. The molecule has 0 bridgehead atoms. The molecule has 142 valence electrons. The van der Waals surface area contributed by atoms with Gasteiger partial charge in [-0.15, -0.1) is 0 Å². The first-order valence-corrected chi connectivity index (χ1v) is 11.1. The molecule has 0 saturated carbocycles. The van der Waals surface area contributed by atoms with E-state index < -0.39 is 14.1 Å². The molecule has 0 fully saturated rings. The Morgan fingerprint density at radius 3 is 1.50 bits per heavy atom. The van der Waals surface area contributed by atoms with Crippen LogP contribution in [0.5, 0.6) is 0 Å². The fraction of sp³-hybridized carbons (Fsp3) is 0.455. The van der Waals surface area contributed by atoms with Crippen molar-refractivity contribution >= 4 is 18.7 Å². The maximum absolute atomic E-state index is 6.84. The molecule has 2 rings (SSSR count). The van der Waals surface area contributed by atoms with Gasteiger partial charge in [-0.2, -0.15) is 0 Å². The SMILES string of the molecule is COC(C)(CCO[Si](c1ccccc1)(c1ccccc1)C(C)(C)C)OC. The molecule has 0 N–H and O–H groups in total. The van der Waals surface area contributed by atoms with E-state index in [4.69, 9.17) is 13.9 Å². The average molecular weight is 373 g/mol. The number of hydrogen-bond donors (Lipinski definition) is 0. The van der Waals surface area contributed by atoms with E-state index in [1.165, 1.54) is 10.4 Å². The summed E-state index contributed by atoms with van der Waals surface area (Å²) in [4.78, 5) is 0. The summed E-state index contributed by atoms with van der Waals surface area (Å²) in [6, 6.07) is 21.3. The number of benzene rings is 2. The second kappa shape index (κ2) is 8.48.